The second kappa shape index (κ2) is 8.19. The predicted octanol–water partition coefficient (Wildman–Crippen LogP) is 0.446. The number of urea groups is 3. The Hall–Kier alpha value is -2.59. The lowest BCUT2D eigenvalue weighted by molar-refractivity contribution is 0.0595. The van der Waals surface area contributed by atoms with Crippen LogP contribution in [0.3, 0.4) is 0 Å². The molecule has 0 atom stereocenters. The van der Waals surface area contributed by atoms with Crippen LogP contribution in [0.5, 0.6) is 0 Å². The summed E-state index contributed by atoms with van der Waals surface area (Å²) in [7, 11) is -4.43. The molecule has 1 heterocycles. The maximum Gasteiger partial charge on any atom is 0.340 e. The zero-order chi connectivity index (χ0) is 19.3. The van der Waals surface area contributed by atoms with Crippen molar-refractivity contribution in [1.29, 1.82) is 5.26 Å². The summed E-state index contributed by atoms with van der Waals surface area (Å²) in [5.74, 6) is -0.868. The highest BCUT2D eigenvalue weighted by molar-refractivity contribution is 7.85. The molecule has 0 bridgehead atoms. The SMILES string of the molecule is N#COCN1C(=O)N(CNC(=O)N(CS(=O)(=O)O)C2CCCCC2)C1=O. The fourth-order valence-corrected chi connectivity index (χ4v) is 3.58. The largest absolute Gasteiger partial charge is 0.405 e. The molecule has 1 aliphatic heterocycles. The third-order valence-electron chi connectivity index (χ3n) is 4.15. The van der Waals surface area contributed by atoms with Crippen LogP contribution in [0.25, 0.3) is 0 Å². The lowest BCUT2D eigenvalue weighted by Crippen LogP contribution is -2.66. The van der Waals surface area contributed by atoms with E-state index in [-0.39, 0.29) is 6.04 Å². The highest BCUT2D eigenvalue weighted by atomic mass is 32.2. The molecule has 1 saturated carbocycles. The van der Waals surface area contributed by atoms with Crippen LogP contribution in [0.2, 0.25) is 0 Å². The van der Waals surface area contributed by atoms with Crippen LogP contribution in [0.15, 0.2) is 0 Å². The number of carbonyl (C=O) groups is 3. The standard InChI is InChI=1S/C13H19N5O7S/c14-6-25-8-17-12(20)16(13(17)21)7-15-11(19)18(9-26(22,23)24)10-4-2-1-3-5-10/h10H,1-5,7-9H2,(H,15,19)(H,22,23,24). The number of nitriles is 1. The van der Waals surface area contributed by atoms with Gasteiger partial charge >= 0.3 is 18.1 Å². The Bertz CT molecular complexity index is 697. The molecule has 13 heteroatoms. The van der Waals surface area contributed by atoms with Crippen molar-refractivity contribution >= 4 is 28.2 Å². The number of carbonyl (C=O) groups excluding carboxylic acids is 3. The summed E-state index contributed by atoms with van der Waals surface area (Å²) in [6, 6.07) is -2.68. The minimum atomic E-state index is -4.43. The molecular formula is C13H19N5O7S. The minimum absolute atomic E-state index is 0.353. The average Bonchev–Trinajstić information content (AvgIpc) is 2.60. The maximum absolute atomic E-state index is 12.3. The molecule has 2 N–H and O–H groups in total. The summed E-state index contributed by atoms with van der Waals surface area (Å²) in [6.07, 6.45) is 5.17. The fraction of sp³-hybridized carbons (Fsp3) is 0.692. The van der Waals surface area contributed by atoms with Crippen LogP contribution < -0.4 is 5.32 Å². The molecule has 0 aromatic rings. The van der Waals surface area contributed by atoms with E-state index in [1.165, 1.54) is 6.26 Å². The Labute approximate surface area is 150 Å². The Morgan fingerprint density at radius 1 is 1.27 bits per heavy atom. The van der Waals surface area contributed by atoms with Crippen molar-refractivity contribution in [3.8, 4) is 6.26 Å². The molecule has 26 heavy (non-hydrogen) atoms. The maximum atomic E-state index is 12.3. The van der Waals surface area contributed by atoms with Crippen LogP contribution in [0.4, 0.5) is 14.4 Å². The molecule has 0 spiro atoms. The van der Waals surface area contributed by atoms with Crippen LogP contribution in [-0.2, 0) is 14.9 Å². The summed E-state index contributed by atoms with van der Waals surface area (Å²) in [5, 5.41) is 10.6. The van der Waals surface area contributed by atoms with Crippen molar-refractivity contribution in [3.05, 3.63) is 0 Å². The van der Waals surface area contributed by atoms with Gasteiger partial charge < -0.3 is 15.0 Å². The van der Waals surface area contributed by atoms with Crippen molar-refractivity contribution < 1.29 is 32.1 Å². The topological polar surface area (TPSA) is 160 Å². The van der Waals surface area contributed by atoms with Crippen molar-refractivity contribution in [3.63, 3.8) is 0 Å². The first-order valence-electron chi connectivity index (χ1n) is 7.88. The fourth-order valence-electron chi connectivity index (χ4n) is 2.90. The van der Waals surface area contributed by atoms with Gasteiger partial charge in [0.25, 0.3) is 16.4 Å². The van der Waals surface area contributed by atoms with Gasteiger partial charge in [0.2, 0.25) is 0 Å². The Morgan fingerprint density at radius 2 is 1.88 bits per heavy atom. The summed E-state index contributed by atoms with van der Waals surface area (Å²) in [6.45, 7) is -0.982. The van der Waals surface area contributed by atoms with Gasteiger partial charge in [-0.3, -0.25) is 4.55 Å². The van der Waals surface area contributed by atoms with E-state index in [2.05, 4.69) is 10.1 Å². The summed E-state index contributed by atoms with van der Waals surface area (Å²) < 4.78 is 35.8. The summed E-state index contributed by atoms with van der Waals surface area (Å²) in [4.78, 5) is 38.2. The number of hydrogen-bond acceptors (Lipinski definition) is 7. The lowest BCUT2D eigenvalue weighted by atomic mass is 9.95. The number of ether oxygens (including phenoxy) is 1. The first-order chi connectivity index (χ1) is 12.2. The molecule has 144 valence electrons. The monoisotopic (exact) mass is 389 g/mol. The zero-order valence-corrected chi connectivity index (χ0v) is 14.6. The van der Waals surface area contributed by atoms with Crippen LogP contribution in [0, 0.1) is 11.5 Å². The number of amides is 6. The molecule has 2 rings (SSSR count). The van der Waals surface area contributed by atoms with Gasteiger partial charge in [0.1, 0.15) is 12.5 Å². The number of nitrogens with zero attached hydrogens (tertiary/aromatic N) is 4. The number of imide groups is 2. The highest BCUT2D eigenvalue weighted by Gasteiger charge is 2.44. The van der Waals surface area contributed by atoms with Gasteiger partial charge in [-0.15, -0.1) is 0 Å². The number of nitrogens with one attached hydrogen (secondary N) is 1. The third kappa shape index (κ3) is 4.73. The quantitative estimate of drug-likeness (QED) is 0.468. The van der Waals surface area contributed by atoms with Crippen LogP contribution in [0.1, 0.15) is 32.1 Å². The van der Waals surface area contributed by atoms with E-state index in [1.54, 1.807) is 0 Å². The first kappa shape index (κ1) is 19.7. The second-order valence-electron chi connectivity index (χ2n) is 5.90. The molecule has 2 aliphatic rings. The first-order valence-corrected chi connectivity index (χ1v) is 9.49. The van der Waals surface area contributed by atoms with Crippen molar-refractivity contribution in [1.82, 2.24) is 20.0 Å². The molecular weight excluding hydrogens is 370 g/mol. The molecule has 0 unspecified atom stereocenters. The molecule has 0 aromatic carbocycles. The zero-order valence-electron chi connectivity index (χ0n) is 13.8. The highest BCUT2D eigenvalue weighted by Crippen LogP contribution is 2.23. The molecule has 12 nitrogen and oxygen atoms in total. The van der Waals surface area contributed by atoms with E-state index < -0.39 is 47.5 Å². The van der Waals surface area contributed by atoms with Gasteiger partial charge in [0, 0.05) is 6.04 Å². The van der Waals surface area contributed by atoms with Gasteiger partial charge in [-0.25, -0.2) is 24.2 Å². The van der Waals surface area contributed by atoms with Crippen molar-refractivity contribution in [2.24, 2.45) is 0 Å². The smallest absolute Gasteiger partial charge is 0.340 e. The van der Waals surface area contributed by atoms with Crippen molar-refractivity contribution in [2.75, 3.05) is 19.3 Å². The lowest BCUT2D eigenvalue weighted by Gasteiger charge is -2.38. The van der Waals surface area contributed by atoms with Gasteiger partial charge in [-0.2, -0.15) is 13.7 Å². The molecule has 1 aliphatic carbocycles. The van der Waals surface area contributed by atoms with Gasteiger partial charge in [0.05, 0.1) is 0 Å². The number of hydrogen-bond donors (Lipinski definition) is 2. The van der Waals surface area contributed by atoms with Crippen LogP contribution >= 0.6 is 0 Å². The van der Waals surface area contributed by atoms with Gasteiger partial charge in [0.15, 0.2) is 6.73 Å². The molecule has 6 amide bonds. The third-order valence-corrected chi connectivity index (χ3v) is 4.75. The van der Waals surface area contributed by atoms with Gasteiger partial charge in [-0.1, -0.05) is 19.3 Å². The van der Waals surface area contributed by atoms with Crippen LogP contribution in [-0.4, -0.2) is 71.1 Å². The minimum Gasteiger partial charge on any atom is -0.405 e. The number of rotatable bonds is 7. The second-order valence-corrected chi connectivity index (χ2v) is 7.32. The molecule has 0 aromatic heterocycles. The summed E-state index contributed by atoms with van der Waals surface area (Å²) in [5.41, 5.74) is 0. The van der Waals surface area contributed by atoms with E-state index >= 15 is 0 Å². The van der Waals surface area contributed by atoms with E-state index in [0.717, 1.165) is 24.2 Å². The predicted molar refractivity (Wildman–Crippen MR) is 84.6 cm³/mol. The Morgan fingerprint density at radius 3 is 2.42 bits per heavy atom. The summed E-state index contributed by atoms with van der Waals surface area (Å²) >= 11 is 0. The molecule has 2 fully saturated rings. The Kier molecular flexibility index (Phi) is 6.22. The normalized spacial score (nSPS) is 18.2. The van der Waals surface area contributed by atoms with Crippen molar-refractivity contribution in [2.45, 2.75) is 38.1 Å². The van der Waals surface area contributed by atoms with Gasteiger partial charge in [-0.05, 0) is 12.8 Å². The van der Waals surface area contributed by atoms with E-state index in [1.807, 2.05) is 0 Å². The average molecular weight is 389 g/mol. The Balaban J connectivity index is 1.94. The van der Waals surface area contributed by atoms with E-state index in [4.69, 9.17) is 9.81 Å². The molecule has 0 radical (unpaired) electrons. The molecule has 1 saturated heterocycles. The van der Waals surface area contributed by atoms with E-state index in [0.29, 0.717) is 22.6 Å². The van der Waals surface area contributed by atoms with E-state index in [9.17, 15) is 22.8 Å².